The molecule has 1 atom stereocenters. The van der Waals surface area contributed by atoms with E-state index in [2.05, 4.69) is 21.8 Å². The SMILES string of the molecule is CCn1c(CNC(=O)CCN2C(=O)[C@H](C)Oc3ccccc32)nc2ccccc21. The molecule has 7 heteroatoms. The van der Waals surface area contributed by atoms with Crippen LogP contribution in [0.5, 0.6) is 5.75 Å². The van der Waals surface area contributed by atoms with Gasteiger partial charge in [-0.2, -0.15) is 0 Å². The van der Waals surface area contributed by atoms with Gasteiger partial charge < -0.3 is 19.5 Å². The van der Waals surface area contributed by atoms with Crippen LogP contribution in [-0.4, -0.2) is 34.0 Å². The zero-order valence-corrected chi connectivity index (χ0v) is 16.6. The number of carbonyl (C=O) groups excluding carboxylic acids is 2. The molecular weight excluding hydrogens is 368 g/mol. The first-order valence-corrected chi connectivity index (χ1v) is 9.86. The summed E-state index contributed by atoms with van der Waals surface area (Å²) < 4.78 is 7.73. The minimum atomic E-state index is -0.558. The second-order valence-electron chi connectivity index (χ2n) is 7.01. The lowest BCUT2D eigenvalue weighted by atomic mass is 10.1. The Morgan fingerprint density at radius 1 is 1.17 bits per heavy atom. The van der Waals surface area contributed by atoms with Crippen molar-refractivity contribution in [2.75, 3.05) is 11.4 Å². The van der Waals surface area contributed by atoms with Crippen LogP contribution in [0.4, 0.5) is 5.69 Å². The first-order valence-electron chi connectivity index (χ1n) is 9.86. The van der Waals surface area contributed by atoms with Crippen LogP contribution >= 0.6 is 0 Å². The first kappa shape index (κ1) is 19.0. The maximum Gasteiger partial charge on any atom is 0.267 e. The molecule has 150 valence electrons. The van der Waals surface area contributed by atoms with E-state index in [0.717, 1.165) is 23.4 Å². The van der Waals surface area contributed by atoms with E-state index < -0.39 is 6.10 Å². The molecule has 0 unspecified atom stereocenters. The zero-order valence-electron chi connectivity index (χ0n) is 16.6. The predicted molar refractivity (Wildman–Crippen MR) is 111 cm³/mol. The third kappa shape index (κ3) is 3.68. The van der Waals surface area contributed by atoms with Crippen molar-refractivity contribution < 1.29 is 14.3 Å². The molecule has 0 bridgehead atoms. The van der Waals surface area contributed by atoms with Crippen LogP contribution in [0, 0.1) is 0 Å². The number of para-hydroxylation sites is 4. The maximum absolute atomic E-state index is 12.5. The number of carbonyl (C=O) groups is 2. The molecule has 1 aliphatic heterocycles. The smallest absolute Gasteiger partial charge is 0.267 e. The van der Waals surface area contributed by atoms with Crippen molar-refractivity contribution in [1.82, 2.24) is 14.9 Å². The maximum atomic E-state index is 12.5. The van der Waals surface area contributed by atoms with Crippen LogP contribution in [0.25, 0.3) is 11.0 Å². The third-order valence-electron chi connectivity index (χ3n) is 5.13. The van der Waals surface area contributed by atoms with Gasteiger partial charge in [0.2, 0.25) is 5.91 Å². The highest BCUT2D eigenvalue weighted by atomic mass is 16.5. The molecule has 0 aliphatic carbocycles. The number of anilines is 1. The molecule has 0 saturated carbocycles. The molecule has 1 aliphatic rings. The average molecular weight is 392 g/mol. The number of aryl methyl sites for hydroxylation is 1. The van der Waals surface area contributed by atoms with Crippen LogP contribution < -0.4 is 15.0 Å². The highest BCUT2D eigenvalue weighted by molar-refractivity contribution is 6.00. The van der Waals surface area contributed by atoms with Crippen LogP contribution in [0.1, 0.15) is 26.1 Å². The molecule has 0 fully saturated rings. The Hall–Kier alpha value is -3.35. The highest BCUT2D eigenvalue weighted by Crippen LogP contribution is 2.33. The number of ether oxygens (including phenoxy) is 1. The fraction of sp³-hybridized carbons (Fsp3) is 0.318. The Morgan fingerprint density at radius 2 is 1.93 bits per heavy atom. The number of rotatable bonds is 6. The van der Waals surface area contributed by atoms with E-state index in [1.165, 1.54) is 0 Å². The van der Waals surface area contributed by atoms with Crippen LogP contribution in [-0.2, 0) is 22.7 Å². The van der Waals surface area contributed by atoms with Gasteiger partial charge in [-0.25, -0.2) is 4.98 Å². The van der Waals surface area contributed by atoms with Gasteiger partial charge in [0.1, 0.15) is 11.6 Å². The lowest BCUT2D eigenvalue weighted by molar-refractivity contribution is -0.125. The summed E-state index contributed by atoms with van der Waals surface area (Å²) in [5.41, 5.74) is 2.68. The van der Waals surface area contributed by atoms with Gasteiger partial charge in [0.05, 0.1) is 23.3 Å². The molecule has 4 rings (SSSR count). The number of hydrogen-bond donors (Lipinski definition) is 1. The summed E-state index contributed by atoms with van der Waals surface area (Å²) in [7, 11) is 0. The summed E-state index contributed by atoms with van der Waals surface area (Å²) in [6, 6.07) is 15.3. The number of imidazole rings is 1. The van der Waals surface area contributed by atoms with Gasteiger partial charge in [-0.15, -0.1) is 0 Å². The van der Waals surface area contributed by atoms with Crippen LogP contribution in [0.3, 0.4) is 0 Å². The van der Waals surface area contributed by atoms with E-state index in [-0.39, 0.29) is 18.2 Å². The molecule has 3 aromatic rings. The molecule has 2 heterocycles. The standard InChI is InChI=1S/C22H24N4O3/c1-3-25-17-9-5-4-8-16(17)24-20(25)14-23-21(27)12-13-26-18-10-6-7-11-19(18)29-15(2)22(26)28/h4-11,15H,3,12-14H2,1-2H3,(H,23,27)/t15-/m0/s1. The Kier molecular flexibility index (Phi) is 5.20. The fourth-order valence-corrected chi connectivity index (χ4v) is 3.68. The van der Waals surface area contributed by atoms with E-state index >= 15 is 0 Å². The number of nitrogens with one attached hydrogen (secondary N) is 1. The van der Waals surface area contributed by atoms with Crippen molar-refractivity contribution >= 4 is 28.5 Å². The second kappa shape index (κ2) is 7.95. The van der Waals surface area contributed by atoms with Crippen molar-refractivity contribution in [1.29, 1.82) is 0 Å². The number of fused-ring (bicyclic) bond motifs is 2. The van der Waals surface area contributed by atoms with Gasteiger partial charge >= 0.3 is 0 Å². The molecular formula is C22H24N4O3. The number of nitrogens with zero attached hydrogens (tertiary/aromatic N) is 3. The van der Waals surface area contributed by atoms with Crippen LogP contribution in [0.2, 0.25) is 0 Å². The monoisotopic (exact) mass is 392 g/mol. The van der Waals surface area contributed by atoms with E-state index in [1.807, 2.05) is 48.5 Å². The summed E-state index contributed by atoms with van der Waals surface area (Å²) in [5.74, 6) is 1.23. The van der Waals surface area contributed by atoms with Gasteiger partial charge in [0.15, 0.2) is 6.10 Å². The molecule has 2 aromatic carbocycles. The lowest BCUT2D eigenvalue weighted by Gasteiger charge is -2.32. The Labute approximate surface area is 169 Å². The number of amides is 2. The summed E-state index contributed by atoms with van der Waals surface area (Å²) >= 11 is 0. The van der Waals surface area contributed by atoms with Gasteiger partial charge in [-0.1, -0.05) is 24.3 Å². The van der Waals surface area contributed by atoms with Crippen molar-refractivity contribution in [3.63, 3.8) is 0 Å². The summed E-state index contributed by atoms with van der Waals surface area (Å²) in [6.07, 6.45) is -0.350. The third-order valence-corrected chi connectivity index (χ3v) is 5.13. The van der Waals surface area contributed by atoms with Gasteiger partial charge in [0.25, 0.3) is 5.91 Å². The average Bonchev–Trinajstić information content (AvgIpc) is 3.10. The molecule has 1 N–H and O–H groups in total. The fourth-order valence-electron chi connectivity index (χ4n) is 3.68. The first-order chi connectivity index (χ1) is 14.1. The van der Waals surface area contributed by atoms with E-state index in [0.29, 0.717) is 24.5 Å². The summed E-state index contributed by atoms with van der Waals surface area (Å²) in [4.78, 5) is 31.2. The molecule has 0 saturated heterocycles. The van der Waals surface area contributed by atoms with E-state index in [4.69, 9.17) is 4.74 Å². The molecule has 1 aromatic heterocycles. The summed E-state index contributed by atoms with van der Waals surface area (Å²) in [5, 5.41) is 2.93. The number of aromatic nitrogens is 2. The normalized spacial score (nSPS) is 15.9. The van der Waals surface area contributed by atoms with Crippen molar-refractivity contribution in [3.8, 4) is 5.75 Å². The topological polar surface area (TPSA) is 76.5 Å². The van der Waals surface area contributed by atoms with Gasteiger partial charge in [0, 0.05) is 19.5 Å². The number of benzene rings is 2. The zero-order chi connectivity index (χ0) is 20.4. The van der Waals surface area contributed by atoms with Gasteiger partial charge in [-0.3, -0.25) is 9.59 Å². The minimum absolute atomic E-state index is 0.121. The number of hydrogen-bond acceptors (Lipinski definition) is 4. The molecule has 29 heavy (non-hydrogen) atoms. The molecule has 0 spiro atoms. The molecule has 0 radical (unpaired) electrons. The van der Waals surface area contributed by atoms with Crippen molar-refractivity contribution in [3.05, 3.63) is 54.4 Å². The molecule has 2 amide bonds. The predicted octanol–water partition coefficient (Wildman–Crippen LogP) is 2.88. The largest absolute Gasteiger partial charge is 0.479 e. The summed E-state index contributed by atoms with van der Waals surface area (Å²) in [6.45, 7) is 5.22. The van der Waals surface area contributed by atoms with Crippen molar-refractivity contribution in [2.24, 2.45) is 0 Å². The quantitative estimate of drug-likeness (QED) is 0.700. The van der Waals surface area contributed by atoms with Crippen LogP contribution in [0.15, 0.2) is 48.5 Å². The van der Waals surface area contributed by atoms with Crippen molar-refractivity contribution in [2.45, 2.75) is 39.5 Å². The Morgan fingerprint density at radius 3 is 2.76 bits per heavy atom. The van der Waals surface area contributed by atoms with E-state index in [1.54, 1.807) is 11.8 Å². The van der Waals surface area contributed by atoms with Gasteiger partial charge in [-0.05, 0) is 38.1 Å². The molecule has 7 nitrogen and oxygen atoms in total. The minimum Gasteiger partial charge on any atom is -0.479 e. The highest BCUT2D eigenvalue weighted by Gasteiger charge is 2.31. The Balaban J connectivity index is 1.40. The van der Waals surface area contributed by atoms with E-state index in [9.17, 15) is 9.59 Å². The Bertz CT molecular complexity index is 1060. The second-order valence-corrected chi connectivity index (χ2v) is 7.01. The lowest BCUT2D eigenvalue weighted by Crippen LogP contribution is -2.45.